The smallest absolute Gasteiger partial charge is 0.218 e. The van der Waals surface area contributed by atoms with Crippen LogP contribution in [0.25, 0.3) is 0 Å². The van der Waals surface area contributed by atoms with Crippen LogP contribution >= 0.6 is 35.7 Å². The summed E-state index contributed by atoms with van der Waals surface area (Å²) in [6, 6.07) is 3.91. The van der Waals surface area contributed by atoms with Crippen molar-refractivity contribution < 1.29 is 9.47 Å². The van der Waals surface area contributed by atoms with Gasteiger partial charge in [-0.3, -0.25) is 4.99 Å². The molecular weight excluding hydrogens is 439 g/mol. The molecule has 0 radical (unpaired) electrons. The van der Waals surface area contributed by atoms with Gasteiger partial charge >= 0.3 is 0 Å². The number of aromatic nitrogens is 1. The molecule has 2 rings (SSSR count). The lowest BCUT2D eigenvalue weighted by molar-refractivity contribution is 0.143. The van der Waals surface area contributed by atoms with E-state index in [0.717, 1.165) is 18.1 Å². The standard InChI is InChI=1S/C16H26N4O2S.HI/c1-17-16(20-12-14-6-4-10-23-14)19-11-13-5-3-7-18-15(13)22-9-8-21-2;/h3,5,7,14H,4,6,8-12H2,1-2H3,(H2,17,19,20);1H. The van der Waals surface area contributed by atoms with E-state index in [-0.39, 0.29) is 24.0 Å². The van der Waals surface area contributed by atoms with Gasteiger partial charge in [-0.15, -0.1) is 24.0 Å². The first kappa shape index (κ1) is 21.3. The first-order chi connectivity index (χ1) is 11.3. The summed E-state index contributed by atoms with van der Waals surface area (Å²) in [6.07, 6.45) is 4.34. The van der Waals surface area contributed by atoms with Crippen LogP contribution in [0.3, 0.4) is 0 Å². The van der Waals surface area contributed by atoms with Gasteiger partial charge in [0.15, 0.2) is 5.96 Å². The maximum atomic E-state index is 5.65. The summed E-state index contributed by atoms with van der Waals surface area (Å²) < 4.78 is 10.6. The molecule has 1 aromatic heterocycles. The van der Waals surface area contributed by atoms with Gasteiger partial charge in [-0.2, -0.15) is 11.8 Å². The molecule has 8 heteroatoms. The van der Waals surface area contributed by atoms with E-state index in [0.29, 0.717) is 30.9 Å². The molecule has 1 atom stereocenters. The Balaban J connectivity index is 0.00000288. The van der Waals surface area contributed by atoms with Gasteiger partial charge in [0.05, 0.1) is 6.61 Å². The second-order valence-electron chi connectivity index (χ2n) is 5.25. The molecule has 6 nitrogen and oxygen atoms in total. The minimum Gasteiger partial charge on any atom is -0.475 e. The summed E-state index contributed by atoms with van der Waals surface area (Å²) in [4.78, 5) is 8.56. The Bertz CT molecular complexity index is 499. The van der Waals surface area contributed by atoms with Crippen molar-refractivity contribution in [3.05, 3.63) is 23.9 Å². The minimum absolute atomic E-state index is 0. The Morgan fingerprint density at radius 2 is 2.29 bits per heavy atom. The number of halogens is 1. The summed E-state index contributed by atoms with van der Waals surface area (Å²) in [5, 5.41) is 7.40. The van der Waals surface area contributed by atoms with Crippen molar-refractivity contribution in [2.45, 2.75) is 24.6 Å². The van der Waals surface area contributed by atoms with Crippen LogP contribution in [0.5, 0.6) is 5.88 Å². The molecular formula is C16H27IN4O2S. The molecule has 1 fully saturated rings. The topological polar surface area (TPSA) is 67.8 Å². The zero-order chi connectivity index (χ0) is 16.3. The number of aliphatic imine (C=N–C) groups is 1. The quantitative estimate of drug-likeness (QED) is 0.265. The Hall–Kier alpha value is -0.740. The molecule has 1 aliphatic rings. The van der Waals surface area contributed by atoms with Gasteiger partial charge in [-0.1, -0.05) is 6.07 Å². The van der Waals surface area contributed by atoms with Gasteiger partial charge in [-0.25, -0.2) is 4.98 Å². The van der Waals surface area contributed by atoms with Gasteiger partial charge in [0, 0.05) is 44.3 Å². The number of nitrogens with zero attached hydrogens (tertiary/aromatic N) is 2. The predicted molar refractivity (Wildman–Crippen MR) is 111 cm³/mol. The van der Waals surface area contributed by atoms with E-state index in [2.05, 4.69) is 20.6 Å². The molecule has 1 unspecified atom stereocenters. The van der Waals surface area contributed by atoms with Crippen LogP contribution in [-0.2, 0) is 11.3 Å². The monoisotopic (exact) mass is 466 g/mol. The normalized spacial score (nSPS) is 17.2. The molecule has 0 aromatic carbocycles. The summed E-state index contributed by atoms with van der Waals surface area (Å²) in [7, 11) is 3.44. The van der Waals surface area contributed by atoms with Gasteiger partial charge in [0.1, 0.15) is 6.61 Å². The van der Waals surface area contributed by atoms with Crippen LogP contribution in [0.2, 0.25) is 0 Å². The lowest BCUT2D eigenvalue weighted by Gasteiger charge is -2.16. The fraction of sp³-hybridized carbons (Fsp3) is 0.625. The van der Waals surface area contributed by atoms with Crippen molar-refractivity contribution in [1.29, 1.82) is 0 Å². The number of rotatable bonds is 8. The summed E-state index contributed by atoms with van der Waals surface area (Å²) in [6.45, 7) is 2.61. The van der Waals surface area contributed by atoms with E-state index in [9.17, 15) is 0 Å². The fourth-order valence-corrected chi connectivity index (χ4v) is 3.53. The van der Waals surface area contributed by atoms with Crippen LogP contribution in [0, 0.1) is 0 Å². The summed E-state index contributed by atoms with van der Waals surface area (Å²) in [5.41, 5.74) is 1.00. The van der Waals surface area contributed by atoms with Crippen molar-refractivity contribution in [2.75, 3.05) is 39.7 Å². The van der Waals surface area contributed by atoms with Crippen molar-refractivity contribution in [2.24, 2.45) is 4.99 Å². The number of hydrogen-bond donors (Lipinski definition) is 2. The van der Waals surface area contributed by atoms with Crippen molar-refractivity contribution in [3.63, 3.8) is 0 Å². The van der Waals surface area contributed by atoms with Gasteiger partial charge in [0.2, 0.25) is 5.88 Å². The molecule has 24 heavy (non-hydrogen) atoms. The molecule has 1 saturated heterocycles. The highest BCUT2D eigenvalue weighted by molar-refractivity contribution is 14.0. The molecule has 2 N–H and O–H groups in total. The highest BCUT2D eigenvalue weighted by Gasteiger charge is 2.15. The molecule has 0 saturated carbocycles. The van der Waals surface area contributed by atoms with Gasteiger partial charge in [-0.05, 0) is 24.7 Å². The van der Waals surface area contributed by atoms with Crippen LogP contribution in [0.1, 0.15) is 18.4 Å². The average Bonchev–Trinajstić information content (AvgIpc) is 3.10. The number of pyridine rings is 1. The molecule has 0 spiro atoms. The molecule has 1 aliphatic heterocycles. The zero-order valence-corrected chi connectivity index (χ0v) is 17.4. The number of methoxy groups -OCH3 is 1. The Morgan fingerprint density at radius 1 is 1.42 bits per heavy atom. The molecule has 2 heterocycles. The Kier molecular flexibility index (Phi) is 11.2. The van der Waals surface area contributed by atoms with Crippen molar-refractivity contribution in [1.82, 2.24) is 15.6 Å². The molecule has 0 aliphatic carbocycles. The zero-order valence-electron chi connectivity index (χ0n) is 14.3. The minimum atomic E-state index is 0. The third-order valence-corrected chi connectivity index (χ3v) is 4.97. The van der Waals surface area contributed by atoms with Crippen molar-refractivity contribution in [3.8, 4) is 5.88 Å². The molecule has 136 valence electrons. The van der Waals surface area contributed by atoms with Gasteiger partial charge in [0.25, 0.3) is 0 Å². The number of nitrogens with one attached hydrogen (secondary N) is 2. The number of thioether (sulfide) groups is 1. The fourth-order valence-electron chi connectivity index (χ4n) is 2.33. The van der Waals surface area contributed by atoms with Crippen molar-refractivity contribution >= 4 is 41.7 Å². The van der Waals surface area contributed by atoms with Crippen LogP contribution in [0.4, 0.5) is 0 Å². The maximum absolute atomic E-state index is 5.65. The highest BCUT2D eigenvalue weighted by Crippen LogP contribution is 2.25. The summed E-state index contributed by atoms with van der Waals surface area (Å²) in [5.74, 6) is 2.72. The first-order valence-corrected chi connectivity index (χ1v) is 9.00. The third kappa shape index (κ3) is 7.43. The van der Waals surface area contributed by atoms with Gasteiger partial charge < -0.3 is 20.1 Å². The molecule has 1 aromatic rings. The number of guanidine groups is 1. The number of hydrogen-bond acceptors (Lipinski definition) is 5. The van der Waals surface area contributed by atoms with E-state index in [1.54, 1.807) is 20.4 Å². The van der Waals surface area contributed by atoms with E-state index >= 15 is 0 Å². The Morgan fingerprint density at radius 3 is 3.00 bits per heavy atom. The first-order valence-electron chi connectivity index (χ1n) is 7.95. The lowest BCUT2D eigenvalue weighted by atomic mass is 10.2. The molecule has 0 amide bonds. The largest absolute Gasteiger partial charge is 0.475 e. The maximum Gasteiger partial charge on any atom is 0.218 e. The van der Waals surface area contributed by atoms with Crippen LogP contribution in [0.15, 0.2) is 23.3 Å². The molecule has 0 bridgehead atoms. The lowest BCUT2D eigenvalue weighted by Crippen LogP contribution is -2.39. The van der Waals surface area contributed by atoms with E-state index in [1.165, 1.54) is 18.6 Å². The van der Waals surface area contributed by atoms with E-state index < -0.39 is 0 Å². The third-order valence-electron chi connectivity index (χ3n) is 3.57. The van der Waals surface area contributed by atoms with Crippen LogP contribution in [-0.4, -0.2) is 55.9 Å². The second-order valence-corrected chi connectivity index (χ2v) is 6.66. The van der Waals surface area contributed by atoms with E-state index in [1.807, 2.05) is 23.9 Å². The second kappa shape index (κ2) is 12.6. The summed E-state index contributed by atoms with van der Waals surface area (Å²) >= 11 is 2.04. The SMILES string of the molecule is CN=C(NCc1cccnc1OCCOC)NCC1CCCS1.I. The number of ether oxygens (including phenoxy) is 2. The van der Waals surface area contributed by atoms with Crippen LogP contribution < -0.4 is 15.4 Å². The Labute approximate surface area is 165 Å². The highest BCUT2D eigenvalue weighted by atomic mass is 127. The van der Waals surface area contributed by atoms with E-state index in [4.69, 9.17) is 9.47 Å². The predicted octanol–water partition coefficient (Wildman–Crippen LogP) is 2.29. The average molecular weight is 466 g/mol.